The molecule has 3 aromatic rings. The Balaban J connectivity index is 1.38. The average Bonchev–Trinajstić information content (AvgIpc) is 2.88. The van der Waals surface area contributed by atoms with E-state index in [0.717, 1.165) is 43.7 Å². The monoisotopic (exact) mass is 521 g/mol. The first kappa shape index (κ1) is 24.7. The van der Waals surface area contributed by atoms with Crippen LogP contribution >= 0.6 is 0 Å². The van der Waals surface area contributed by atoms with Gasteiger partial charge in [0.2, 0.25) is 5.95 Å². The van der Waals surface area contributed by atoms with Gasteiger partial charge in [0, 0.05) is 48.2 Å². The number of hydrogen-bond donors (Lipinski definition) is 2. The molecule has 38 heavy (non-hydrogen) atoms. The highest BCUT2D eigenvalue weighted by Gasteiger charge is 2.25. The van der Waals surface area contributed by atoms with Gasteiger partial charge in [-0.2, -0.15) is 9.37 Å². The summed E-state index contributed by atoms with van der Waals surface area (Å²) >= 11 is 0. The zero-order valence-corrected chi connectivity index (χ0v) is 20.9. The number of carbonyl (C=O) groups excluding carboxylic acids is 1. The molecule has 3 aliphatic rings. The van der Waals surface area contributed by atoms with Crippen molar-refractivity contribution in [3.63, 3.8) is 0 Å². The number of nitrogens with two attached hydrogens (primary N) is 1. The fourth-order valence-corrected chi connectivity index (χ4v) is 5.15. The van der Waals surface area contributed by atoms with Crippen molar-refractivity contribution in [2.75, 3.05) is 38.6 Å². The van der Waals surface area contributed by atoms with Crippen molar-refractivity contribution in [2.24, 2.45) is 0 Å². The number of nitrogen functional groups attached to an aromatic ring is 1. The molecule has 0 aliphatic carbocycles. The van der Waals surface area contributed by atoms with Crippen molar-refractivity contribution in [2.45, 2.75) is 38.3 Å². The van der Waals surface area contributed by atoms with Gasteiger partial charge in [0.1, 0.15) is 29.1 Å². The third-order valence-corrected chi connectivity index (χ3v) is 7.39. The fraction of sp³-hybridized carbons (Fsp3) is 0.393. The number of fused-ring (bicyclic) bond motifs is 1. The van der Waals surface area contributed by atoms with E-state index in [0.29, 0.717) is 43.9 Å². The number of rotatable bonds is 6. The standard InChI is InChI=1S/C28H29F2N5O3/c29-22-14-20-16(4-7-32-28(20)36)13-21(22)25-27(31)34-26(30)24(33-25)17-2-3-23(38-19-5-10-37-11-6-19)18(12-17)15-35-8-1-9-35/h2-3,12-14,19H,1,4-11,15H2,(H2,31,34)(H,32,36). The lowest BCUT2D eigenvalue weighted by Gasteiger charge is -2.32. The van der Waals surface area contributed by atoms with Gasteiger partial charge in [-0.15, -0.1) is 0 Å². The van der Waals surface area contributed by atoms with Crippen LogP contribution < -0.4 is 15.8 Å². The first-order valence-corrected chi connectivity index (χ1v) is 13.0. The molecule has 2 aromatic carbocycles. The maximum Gasteiger partial charge on any atom is 0.251 e. The van der Waals surface area contributed by atoms with Crippen LogP contribution in [0.5, 0.6) is 5.75 Å². The van der Waals surface area contributed by atoms with E-state index in [4.69, 9.17) is 15.2 Å². The number of hydrogen-bond acceptors (Lipinski definition) is 7. The Kier molecular flexibility index (Phi) is 6.67. The van der Waals surface area contributed by atoms with Crippen molar-refractivity contribution >= 4 is 11.7 Å². The third kappa shape index (κ3) is 4.81. The number of halogens is 2. The molecule has 4 heterocycles. The van der Waals surface area contributed by atoms with E-state index in [-0.39, 0.29) is 40.3 Å². The quantitative estimate of drug-likeness (QED) is 0.510. The second-order valence-corrected chi connectivity index (χ2v) is 9.97. The Morgan fingerprint density at radius 2 is 1.89 bits per heavy atom. The van der Waals surface area contributed by atoms with Gasteiger partial charge in [-0.3, -0.25) is 9.69 Å². The van der Waals surface area contributed by atoms with Crippen LogP contribution in [0.4, 0.5) is 14.6 Å². The normalized spacial score (nSPS) is 18.0. The first-order chi connectivity index (χ1) is 18.5. The second-order valence-electron chi connectivity index (χ2n) is 9.97. The maximum atomic E-state index is 15.2. The number of benzene rings is 2. The Morgan fingerprint density at radius 3 is 2.66 bits per heavy atom. The fourth-order valence-electron chi connectivity index (χ4n) is 5.15. The summed E-state index contributed by atoms with van der Waals surface area (Å²) in [6, 6.07) is 8.19. The summed E-state index contributed by atoms with van der Waals surface area (Å²) in [5, 5.41) is 2.70. The van der Waals surface area contributed by atoms with Gasteiger partial charge in [0.15, 0.2) is 5.82 Å². The molecule has 1 amide bonds. The number of aromatic nitrogens is 2. The lowest BCUT2D eigenvalue weighted by atomic mass is 9.96. The molecule has 8 nitrogen and oxygen atoms in total. The van der Waals surface area contributed by atoms with Crippen molar-refractivity contribution in [1.29, 1.82) is 0 Å². The highest BCUT2D eigenvalue weighted by Crippen LogP contribution is 2.35. The zero-order valence-electron chi connectivity index (χ0n) is 20.9. The van der Waals surface area contributed by atoms with Crippen molar-refractivity contribution in [3.8, 4) is 28.3 Å². The molecule has 0 bridgehead atoms. The largest absolute Gasteiger partial charge is 0.490 e. The first-order valence-electron chi connectivity index (χ1n) is 13.0. The minimum absolute atomic E-state index is 0.0217. The molecule has 2 fully saturated rings. The summed E-state index contributed by atoms with van der Waals surface area (Å²) in [6.07, 6.45) is 3.40. The van der Waals surface area contributed by atoms with Crippen LogP contribution in [0.3, 0.4) is 0 Å². The summed E-state index contributed by atoms with van der Waals surface area (Å²) in [4.78, 5) is 22.8. The van der Waals surface area contributed by atoms with Gasteiger partial charge in [-0.1, -0.05) is 0 Å². The predicted octanol–water partition coefficient (Wildman–Crippen LogP) is 3.72. The number of carbonyl (C=O) groups is 1. The summed E-state index contributed by atoms with van der Waals surface area (Å²) in [6.45, 7) is 4.46. The molecule has 0 radical (unpaired) electrons. The second kappa shape index (κ2) is 10.3. The number of likely N-dealkylation sites (tertiary alicyclic amines) is 1. The van der Waals surface area contributed by atoms with E-state index in [1.165, 1.54) is 6.07 Å². The van der Waals surface area contributed by atoms with Crippen LogP contribution in [0.2, 0.25) is 0 Å². The SMILES string of the molecule is Nc1nc(F)c(-c2ccc(OC3CCOCC3)c(CN3CCC3)c2)nc1-c1cc2c(cc1F)C(=O)NCC2. The Hall–Kier alpha value is -3.63. The molecule has 10 heteroatoms. The van der Waals surface area contributed by atoms with Crippen LogP contribution in [0.15, 0.2) is 30.3 Å². The number of amides is 1. The van der Waals surface area contributed by atoms with Gasteiger partial charge in [0.25, 0.3) is 5.91 Å². The Bertz CT molecular complexity index is 1390. The maximum absolute atomic E-state index is 15.2. The molecule has 3 aliphatic heterocycles. The van der Waals surface area contributed by atoms with E-state index in [1.807, 2.05) is 12.1 Å². The molecule has 0 unspecified atom stereocenters. The van der Waals surface area contributed by atoms with E-state index < -0.39 is 11.8 Å². The highest BCUT2D eigenvalue weighted by atomic mass is 19.1. The summed E-state index contributed by atoms with van der Waals surface area (Å²) in [5.41, 5.74) is 8.53. The number of nitrogens with one attached hydrogen (secondary N) is 1. The van der Waals surface area contributed by atoms with Crippen LogP contribution in [-0.4, -0.2) is 59.7 Å². The van der Waals surface area contributed by atoms with Crippen molar-refractivity contribution in [3.05, 3.63) is 58.8 Å². The summed E-state index contributed by atoms with van der Waals surface area (Å²) < 4.78 is 42.1. The van der Waals surface area contributed by atoms with Crippen LogP contribution in [0, 0.1) is 11.8 Å². The lowest BCUT2D eigenvalue weighted by Crippen LogP contribution is -2.36. The highest BCUT2D eigenvalue weighted by molar-refractivity contribution is 5.97. The Morgan fingerprint density at radius 1 is 1.08 bits per heavy atom. The summed E-state index contributed by atoms with van der Waals surface area (Å²) in [7, 11) is 0. The molecule has 6 rings (SSSR count). The lowest BCUT2D eigenvalue weighted by molar-refractivity contribution is 0.0247. The van der Waals surface area contributed by atoms with Crippen LogP contribution in [0.25, 0.3) is 22.5 Å². The summed E-state index contributed by atoms with van der Waals surface area (Å²) in [5.74, 6) is -1.29. The van der Waals surface area contributed by atoms with E-state index >= 15 is 8.78 Å². The number of ether oxygens (including phenoxy) is 2. The van der Waals surface area contributed by atoms with Gasteiger partial charge >= 0.3 is 0 Å². The van der Waals surface area contributed by atoms with Gasteiger partial charge in [0.05, 0.1) is 13.2 Å². The minimum Gasteiger partial charge on any atom is -0.490 e. The topological polar surface area (TPSA) is 103 Å². The van der Waals surface area contributed by atoms with E-state index in [1.54, 1.807) is 12.1 Å². The Labute approximate surface area is 219 Å². The zero-order chi connectivity index (χ0) is 26.2. The molecule has 2 saturated heterocycles. The molecule has 0 saturated carbocycles. The molecular formula is C28H29F2N5O3. The van der Waals surface area contributed by atoms with E-state index in [2.05, 4.69) is 20.2 Å². The minimum atomic E-state index is -0.836. The van der Waals surface area contributed by atoms with E-state index in [9.17, 15) is 4.79 Å². The molecule has 3 N–H and O–H groups in total. The number of anilines is 1. The smallest absolute Gasteiger partial charge is 0.251 e. The molecular weight excluding hydrogens is 492 g/mol. The van der Waals surface area contributed by atoms with Crippen molar-refractivity contribution in [1.82, 2.24) is 20.2 Å². The third-order valence-electron chi connectivity index (χ3n) is 7.39. The molecule has 198 valence electrons. The van der Waals surface area contributed by atoms with Gasteiger partial charge in [-0.05, 0) is 61.8 Å². The van der Waals surface area contributed by atoms with Gasteiger partial charge < -0.3 is 20.5 Å². The molecule has 0 atom stereocenters. The van der Waals surface area contributed by atoms with Gasteiger partial charge in [-0.25, -0.2) is 9.37 Å². The van der Waals surface area contributed by atoms with Crippen LogP contribution in [0.1, 0.15) is 40.7 Å². The van der Waals surface area contributed by atoms with Crippen molar-refractivity contribution < 1.29 is 23.0 Å². The van der Waals surface area contributed by atoms with Crippen LogP contribution in [-0.2, 0) is 17.7 Å². The molecule has 1 aromatic heterocycles. The molecule has 0 spiro atoms. The average molecular weight is 522 g/mol. The number of nitrogens with zero attached hydrogens (tertiary/aromatic N) is 3. The predicted molar refractivity (Wildman–Crippen MR) is 138 cm³/mol.